The van der Waals surface area contributed by atoms with Gasteiger partial charge in [0.05, 0.1) is 6.54 Å². The van der Waals surface area contributed by atoms with E-state index in [2.05, 4.69) is 5.32 Å². The molecule has 1 spiro atoms. The Hall–Kier alpha value is -2.93. The van der Waals surface area contributed by atoms with Crippen molar-refractivity contribution in [3.63, 3.8) is 0 Å². The lowest BCUT2D eigenvalue weighted by atomic mass is 9.80. The normalized spacial score (nSPS) is 21.1. The smallest absolute Gasteiger partial charge is 0.336 e. The SMILES string of the molecule is CCc1ccc2c(CN3C(=O)N[C@]4(CCCc5sccc54)C3=O)cc(=O)oc2c1. The molecule has 29 heavy (non-hydrogen) atoms. The van der Waals surface area contributed by atoms with Crippen LogP contribution in [-0.4, -0.2) is 16.8 Å². The van der Waals surface area contributed by atoms with Crippen molar-refractivity contribution < 1.29 is 14.0 Å². The monoisotopic (exact) mass is 408 g/mol. The van der Waals surface area contributed by atoms with E-state index in [9.17, 15) is 14.4 Å². The number of hydrogen-bond donors (Lipinski definition) is 1. The molecule has 0 saturated carbocycles. The van der Waals surface area contributed by atoms with Crippen LogP contribution < -0.4 is 10.9 Å². The van der Waals surface area contributed by atoms with Crippen LogP contribution in [0.1, 0.15) is 41.3 Å². The largest absolute Gasteiger partial charge is 0.423 e. The lowest BCUT2D eigenvalue weighted by molar-refractivity contribution is -0.132. The number of nitrogens with zero attached hydrogens (tertiary/aromatic N) is 1. The second kappa shape index (κ2) is 6.56. The van der Waals surface area contributed by atoms with Crippen LogP contribution in [0.4, 0.5) is 4.79 Å². The highest BCUT2D eigenvalue weighted by atomic mass is 32.1. The highest BCUT2D eigenvalue weighted by molar-refractivity contribution is 7.10. The molecule has 148 valence electrons. The average molecular weight is 408 g/mol. The van der Waals surface area contributed by atoms with E-state index in [1.165, 1.54) is 11.0 Å². The maximum Gasteiger partial charge on any atom is 0.336 e. The number of imide groups is 1. The van der Waals surface area contributed by atoms with E-state index in [0.29, 0.717) is 17.6 Å². The number of urea groups is 1. The van der Waals surface area contributed by atoms with Crippen molar-refractivity contribution in [2.75, 3.05) is 0 Å². The number of nitrogens with one attached hydrogen (secondary N) is 1. The van der Waals surface area contributed by atoms with Crippen molar-refractivity contribution in [2.24, 2.45) is 0 Å². The lowest BCUT2D eigenvalue weighted by Gasteiger charge is -2.31. The third-order valence-electron chi connectivity index (χ3n) is 5.97. The van der Waals surface area contributed by atoms with Crippen LogP contribution in [0.2, 0.25) is 0 Å². The topological polar surface area (TPSA) is 79.6 Å². The molecule has 7 heteroatoms. The Morgan fingerprint density at radius 1 is 1.21 bits per heavy atom. The van der Waals surface area contributed by atoms with Crippen LogP contribution in [0.5, 0.6) is 0 Å². The first-order valence-electron chi connectivity index (χ1n) is 9.78. The summed E-state index contributed by atoms with van der Waals surface area (Å²) in [4.78, 5) is 40.7. The minimum atomic E-state index is -0.977. The molecule has 1 aliphatic heterocycles. The van der Waals surface area contributed by atoms with Gasteiger partial charge in [0.25, 0.3) is 5.91 Å². The number of fused-ring (bicyclic) bond motifs is 3. The molecule has 3 aromatic rings. The molecule has 1 atom stereocenters. The molecule has 0 bridgehead atoms. The van der Waals surface area contributed by atoms with Gasteiger partial charge in [0.2, 0.25) is 0 Å². The Kier molecular flexibility index (Phi) is 4.10. The molecule has 1 saturated heterocycles. The summed E-state index contributed by atoms with van der Waals surface area (Å²) in [6.07, 6.45) is 3.20. The minimum absolute atomic E-state index is 0.0411. The van der Waals surface area contributed by atoms with Crippen molar-refractivity contribution in [3.05, 3.63) is 67.7 Å². The van der Waals surface area contributed by atoms with E-state index in [0.717, 1.165) is 40.7 Å². The van der Waals surface area contributed by atoms with Crippen molar-refractivity contribution in [1.82, 2.24) is 10.2 Å². The quantitative estimate of drug-likeness (QED) is 0.529. The fourth-order valence-electron chi connectivity index (χ4n) is 4.48. The van der Waals surface area contributed by atoms with Crippen LogP contribution in [-0.2, 0) is 29.7 Å². The maximum atomic E-state index is 13.4. The summed E-state index contributed by atoms with van der Waals surface area (Å²) in [7, 11) is 0. The summed E-state index contributed by atoms with van der Waals surface area (Å²) in [5.41, 5.74) is 1.60. The third-order valence-corrected chi connectivity index (χ3v) is 6.95. The number of amides is 3. The molecule has 6 nitrogen and oxygen atoms in total. The van der Waals surface area contributed by atoms with Crippen molar-refractivity contribution in [1.29, 1.82) is 0 Å². The Balaban J connectivity index is 1.55. The van der Waals surface area contributed by atoms with E-state index in [-0.39, 0.29) is 12.5 Å². The fourth-order valence-corrected chi connectivity index (χ4v) is 5.48. The summed E-state index contributed by atoms with van der Waals surface area (Å²) >= 11 is 1.63. The molecule has 2 aliphatic rings. The highest BCUT2D eigenvalue weighted by Crippen LogP contribution is 2.42. The van der Waals surface area contributed by atoms with Crippen molar-refractivity contribution in [2.45, 2.75) is 44.7 Å². The first-order chi connectivity index (χ1) is 14.0. The van der Waals surface area contributed by atoms with Gasteiger partial charge < -0.3 is 9.73 Å². The first-order valence-corrected chi connectivity index (χ1v) is 10.7. The van der Waals surface area contributed by atoms with Crippen LogP contribution in [0.15, 0.2) is 44.9 Å². The fraction of sp³-hybridized carbons (Fsp3) is 0.318. The lowest BCUT2D eigenvalue weighted by Crippen LogP contribution is -2.46. The number of rotatable bonds is 3. The zero-order chi connectivity index (χ0) is 20.2. The number of hydrogen-bond acceptors (Lipinski definition) is 5. The highest BCUT2D eigenvalue weighted by Gasteiger charge is 2.54. The van der Waals surface area contributed by atoms with Crippen molar-refractivity contribution >= 4 is 34.2 Å². The second-order valence-electron chi connectivity index (χ2n) is 7.61. The second-order valence-corrected chi connectivity index (χ2v) is 8.61. The molecular weight excluding hydrogens is 388 g/mol. The zero-order valence-electron chi connectivity index (χ0n) is 16.0. The molecule has 0 radical (unpaired) electrons. The van der Waals surface area contributed by atoms with Crippen LogP contribution in [0.3, 0.4) is 0 Å². The summed E-state index contributed by atoms with van der Waals surface area (Å²) in [5, 5.41) is 5.67. The van der Waals surface area contributed by atoms with E-state index in [4.69, 9.17) is 4.42 Å². The number of benzene rings is 1. The van der Waals surface area contributed by atoms with Gasteiger partial charge in [0.15, 0.2) is 0 Å². The van der Waals surface area contributed by atoms with Crippen LogP contribution >= 0.6 is 11.3 Å². The summed E-state index contributed by atoms with van der Waals surface area (Å²) < 4.78 is 5.35. The molecule has 3 amide bonds. The first kappa shape index (κ1) is 18.1. The van der Waals surface area contributed by atoms with E-state index in [1.54, 1.807) is 11.3 Å². The van der Waals surface area contributed by atoms with Crippen molar-refractivity contribution in [3.8, 4) is 0 Å². The Morgan fingerprint density at radius 3 is 2.90 bits per heavy atom. The summed E-state index contributed by atoms with van der Waals surface area (Å²) in [5.74, 6) is -0.242. The van der Waals surface area contributed by atoms with Gasteiger partial charge in [-0.3, -0.25) is 9.69 Å². The standard InChI is InChI=1S/C22H20N2O4S/c1-2-13-5-6-15-14(11-19(25)28-17(15)10-13)12-24-20(26)22(23-21(24)27)8-3-4-18-16(22)7-9-29-18/h5-7,9-11H,2-4,8,12H2,1H3,(H,23,27)/t22-/m0/s1. The number of thiophene rings is 1. The van der Waals surface area contributed by atoms with E-state index >= 15 is 0 Å². The molecule has 3 heterocycles. The van der Waals surface area contributed by atoms with Gasteiger partial charge in [-0.25, -0.2) is 9.59 Å². The molecule has 2 aromatic heterocycles. The van der Waals surface area contributed by atoms with E-state index in [1.807, 2.05) is 36.6 Å². The van der Waals surface area contributed by atoms with Gasteiger partial charge in [-0.15, -0.1) is 11.3 Å². The van der Waals surface area contributed by atoms with E-state index < -0.39 is 17.2 Å². The van der Waals surface area contributed by atoms with Gasteiger partial charge >= 0.3 is 11.7 Å². The molecule has 5 rings (SSSR count). The Morgan fingerprint density at radius 2 is 2.07 bits per heavy atom. The Labute approximate surface area is 171 Å². The third kappa shape index (κ3) is 2.72. The van der Waals surface area contributed by atoms with Crippen LogP contribution in [0, 0.1) is 0 Å². The predicted molar refractivity (Wildman–Crippen MR) is 110 cm³/mol. The van der Waals surface area contributed by atoms with Crippen LogP contribution in [0.25, 0.3) is 11.0 Å². The molecular formula is C22H20N2O4S. The molecule has 1 aromatic carbocycles. The summed E-state index contributed by atoms with van der Waals surface area (Å²) in [6, 6.07) is 8.60. The van der Waals surface area contributed by atoms with Gasteiger partial charge in [0.1, 0.15) is 11.1 Å². The minimum Gasteiger partial charge on any atom is -0.423 e. The predicted octanol–water partition coefficient (Wildman–Crippen LogP) is 3.70. The van der Waals surface area contributed by atoms with Gasteiger partial charge in [-0.1, -0.05) is 19.1 Å². The van der Waals surface area contributed by atoms with Gasteiger partial charge in [-0.05, 0) is 54.3 Å². The van der Waals surface area contributed by atoms with Gasteiger partial charge in [-0.2, -0.15) is 0 Å². The average Bonchev–Trinajstić information content (AvgIpc) is 3.28. The number of carbonyl (C=O) groups is 2. The maximum absolute atomic E-state index is 13.4. The zero-order valence-corrected chi connectivity index (χ0v) is 16.8. The molecule has 1 aliphatic carbocycles. The number of aryl methyl sites for hydroxylation is 2. The molecule has 0 unspecified atom stereocenters. The van der Waals surface area contributed by atoms with Gasteiger partial charge in [0, 0.05) is 21.9 Å². The molecule has 1 N–H and O–H groups in total. The number of carbonyl (C=O) groups excluding carboxylic acids is 2. The summed E-state index contributed by atoms with van der Waals surface area (Å²) in [6.45, 7) is 2.07. The Bertz CT molecular complexity index is 1210. The molecule has 1 fully saturated rings.